The first-order chi connectivity index (χ1) is 7.68. The normalized spacial score (nSPS) is 10.8. The first-order valence-electron chi connectivity index (χ1n) is 5.84. The predicted octanol–water partition coefficient (Wildman–Crippen LogP) is 3.36. The van der Waals surface area contributed by atoms with Crippen LogP contribution in [-0.4, -0.2) is 8.80 Å². The van der Waals surface area contributed by atoms with Crippen molar-refractivity contribution in [2.45, 2.75) is 20.0 Å². The van der Waals surface area contributed by atoms with Gasteiger partial charge in [0.15, 0.2) is 0 Å². The second kappa shape index (κ2) is 4.66. The molecule has 1 heteroatoms. The van der Waals surface area contributed by atoms with E-state index in [2.05, 4.69) is 68.5 Å². The van der Waals surface area contributed by atoms with E-state index in [-0.39, 0.29) is 0 Å². The van der Waals surface area contributed by atoms with Crippen molar-refractivity contribution in [1.82, 2.24) is 0 Å². The molecule has 82 valence electrons. The lowest BCUT2D eigenvalue weighted by Crippen LogP contribution is -2.24. The van der Waals surface area contributed by atoms with E-state index in [0.29, 0.717) is 0 Å². The van der Waals surface area contributed by atoms with Crippen molar-refractivity contribution in [3.8, 4) is 11.1 Å². The van der Waals surface area contributed by atoms with Gasteiger partial charge in [-0.3, -0.25) is 0 Å². The van der Waals surface area contributed by atoms with Crippen LogP contribution in [0.15, 0.2) is 48.5 Å². The van der Waals surface area contributed by atoms with Crippen molar-refractivity contribution in [2.75, 3.05) is 0 Å². The minimum Gasteiger partial charge on any atom is -0.0682 e. The average Bonchev–Trinajstić information content (AvgIpc) is 2.29. The fourth-order valence-corrected chi connectivity index (χ4v) is 3.46. The van der Waals surface area contributed by atoms with E-state index in [1.54, 1.807) is 5.19 Å². The van der Waals surface area contributed by atoms with Gasteiger partial charge in [0.05, 0.1) is 8.80 Å². The molecule has 2 aromatic carbocycles. The highest BCUT2D eigenvalue weighted by molar-refractivity contribution is 6.72. The number of aryl methyl sites for hydroxylation is 1. The third-order valence-electron chi connectivity index (χ3n) is 2.91. The molecule has 2 aromatic rings. The summed E-state index contributed by atoms with van der Waals surface area (Å²) in [4.78, 5) is 0. The zero-order valence-corrected chi connectivity index (χ0v) is 11.4. The van der Waals surface area contributed by atoms with Crippen molar-refractivity contribution in [1.29, 1.82) is 0 Å². The minimum absolute atomic E-state index is 0.754. The van der Waals surface area contributed by atoms with Gasteiger partial charge in [-0.2, -0.15) is 0 Å². The Hall–Kier alpha value is -1.34. The van der Waals surface area contributed by atoms with Crippen LogP contribution in [0.4, 0.5) is 0 Å². The van der Waals surface area contributed by atoms with Crippen LogP contribution >= 0.6 is 0 Å². The summed E-state index contributed by atoms with van der Waals surface area (Å²) in [6.07, 6.45) is 0. The lowest BCUT2D eigenvalue weighted by molar-refractivity contribution is 1.47. The third-order valence-corrected chi connectivity index (χ3v) is 4.66. The zero-order chi connectivity index (χ0) is 11.5. The van der Waals surface area contributed by atoms with Crippen molar-refractivity contribution in [3.63, 3.8) is 0 Å². The van der Waals surface area contributed by atoms with Gasteiger partial charge in [0, 0.05) is 0 Å². The molecule has 0 saturated carbocycles. The monoisotopic (exact) mass is 226 g/mol. The summed E-state index contributed by atoms with van der Waals surface area (Å²) < 4.78 is 0. The van der Waals surface area contributed by atoms with Gasteiger partial charge in [0.1, 0.15) is 0 Å². The maximum atomic E-state index is 2.38. The molecule has 0 saturated heterocycles. The van der Waals surface area contributed by atoms with Gasteiger partial charge in [-0.25, -0.2) is 0 Å². The molecule has 0 nitrogen and oxygen atoms in total. The molecule has 0 unspecified atom stereocenters. The summed E-state index contributed by atoms with van der Waals surface area (Å²) in [7, 11) is -0.754. The molecule has 0 bridgehead atoms. The highest BCUT2D eigenvalue weighted by Gasteiger charge is 2.08. The Labute approximate surface area is 99.6 Å². The molecule has 0 fully saturated rings. The highest BCUT2D eigenvalue weighted by Crippen LogP contribution is 2.18. The largest absolute Gasteiger partial charge is 0.0682 e. The molecule has 0 aliphatic rings. The van der Waals surface area contributed by atoms with Gasteiger partial charge in [0.2, 0.25) is 0 Å². The number of hydrogen-bond donors (Lipinski definition) is 0. The Morgan fingerprint density at radius 2 is 1.62 bits per heavy atom. The van der Waals surface area contributed by atoms with E-state index >= 15 is 0 Å². The predicted molar refractivity (Wildman–Crippen MR) is 75.1 cm³/mol. The Bertz CT molecular complexity index is 486. The van der Waals surface area contributed by atoms with Gasteiger partial charge in [-0.15, -0.1) is 0 Å². The molecular weight excluding hydrogens is 208 g/mol. The summed E-state index contributed by atoms with van der Waals surface area (Å²) in [6.45, 7) is 6.92. The SMILES string of the molecule is Cc1cccc(-c2ccccc2[SiH](C)C)c1. The van der Waals surface area contributed by atoms with E-state index < -0.39 is 8.80 Å². The van der Waals surface area contributed by atoms with Crippen molar-refractivity contribution < 1.29 is 0 Å². The number of rotatable bonds is 2. The van der Waals surface area contributed by atoms with Crippen LogP contribution in [0, 0.1) is 6.92 Å². The van der Waals surface area contributed by atoms with Crippen LogP contribution in [0.2, 0.25) is 13.1 Å². The quantitative estimate of drug-likeness (QED) is 0.689. The molecule has 0 heterocycles. The second-order valence-electron chi connectivity index (χ2n) is 4.61. The van der Waals surface area contributed by atoms with Gasteiger partial charge >= 0.3 is 0 Å². The molecule has 0 aliphatic heterocycles. The van der Waals surface area contributed by atoms with E-state index in [9.17, 15) is 0 Å². The summed E-state index contributed by atoms with van der Waals surface area (Å²) in [6, 6.07) is 17.6. The Morgan fingerprint density at radius 1 is 0.875 bits per heavy atom. The molecule has 0 radical (unpaired) electrons. The molecule has 0 aliphatic carbocycles. The molecule has 0 amide bonds. The smallest absolute Gasteiger partial charge is 0.0655 e. The minimum atomic E-state index is -0.754. The molecule has 0 spiro atoms. The van der Waals surface area contributed by atoms with Crippen LogP contribution in [0.25, 0.3) is 11.1 Å². The second-order valence-corrected chi connectivity index (χ2v) is 7.54. The molecule has 2 rings (SSSR count). The van der Waals surface area contributed by atoms with E-state index in [1.165, 1.54) is 16.7 Å². The standard InChI is InChI=1S/C15H18Si/c1-12-7-6-8-13(11-12)14-9-4-5-10-15(14)16(2)3/h4-11,16H,1-3H3. The Kier molecular flexibility index (Phi) is 3.25. The summed E-state index contributed by atoms with van der Waals surface area (Å²) >= 11 is 0. The maximum Gasteiger partial charge on any atom is 0.0655 e. The summed E-state index contributed by atoms with van der Waals surface area (Å²) in [5.41, 5.74) is 4.11. The van der Waals surface area contributed by atoms with Crippen molar-refractivity contribution >= 4 is 14.0 Å². The summed E-state index contributed by atoms with van der Waals surface area (Å²) in [5, 5.41) is 1.56. The molecular formula is C15H18Si. The van der Waals surface area contributed by atoms with Crippen LogP contribution in [0.1, 0.15) is 5.56 Å². The Morgan fingerprint density at radius 3 is 2.31 bits per heavy atom. The molecule has 0 N–H and O–H groups in total. The third kappa shape index (κ3) is 2.25. The van der Waals surface area contributed by atoms with Crippen molar-refractivity contribution in [2.24, 2.45) is 0 Å². The van der Waals surface area contributed by atoms with Gasteiger partial charge < -0.3 is 0 Å². The fraction of sp³-hybridized carbons (Fsp3) is 0.200. The Balaban J connectivity index is 2.55. The molecule has 16 heavy (non-hydrogen) atoms. The van der Waals surface area contributed by atoms with E-state index in [1.807, 2.05) is 0 Å². The first kappa shape index (κ1) is 11.2. The van der Waals surface area contributed by atoms with Gasteiger partial charge in [-0.1, -0.05) is 72.4 Å². The topological polar surface area (TPSA) is 0 Å². The highest BCUT2D eigenvalue weighted by atomic mass is 28.3. The van der Waals surface area contributed by atoms with Gasteiger partial charge in [-0.05, 0) is 18.1 Å². The van der Waals surface area contributed by atoms with E-state index in [0.717, 1.165) is 0 Å². The van der Waals surface area contributed by atoms with Crippen LogP contribution in [0.5, 0.6) is 0 Å². The van der Waals surface area contributed by atoms with E-state index in [4.69, 9.17) is 0 Å². The average molecular weight is 226 g/mol. The number of hydrogen-bond acceptors (Lipinski definition) is 0. The molecule has 0 aromatic heterocycles. The molecule has 0 atom stereocenters. The fourth-order valence-electron chi connectivity index (χ4n) is 2.08. The maximum absolute atomic E-state index is 2.38. The summed E-state index contributed by atoms with van der Waals surface area (Å²) in [5.74, 6) is 0. The number of benzene rings is 2. The first-order valence-corrected chi connectivity index (χ1v) is 8.73. The van der Waals surface area contributed by atoms with Gasteiger partial charge in [0.25, 0.3) is 0 Å². The lowest BCUT2D eigenvalue weighted by atomic mass is 10.0. The van der Waals surface area contributed by atoms with Crippen LogP contribution < -0.4 is 5.19 Å². The van der Waals surface area contributed by atoms with Crippen LogP contribution in [0.3, 0.4) is 0 Å². The lowest BCUT2D eigenvalue weighted by Gasteiger charge is -2.12. The van der Waals surface area contributed by atoms with Crippen molar-refractivity contribution in [3.05, 3.63) is 54.1 Å². The van der Waals surface area contributed by atoms with Crippen LogP contribution in [-0.2, 0) is 0 Å². The zero-order valence-electron chi connectivity index (χ0n) is 10.2.